The van der Waals surface area contributed by atoms with Crippen molar-refractivity contribution in [3.8, 4) is 0 Å². The van der Waals surface area contributed by atoms with Gasteiger partial charge in [-0.3, -0.25) is 14.4 Å². The molecule has 2 aromatic rings. The quantitative estimate of drug-likeness (QED) is 0.713. The lowest BCUT2D eigenvalue weighted by Crippen LogP contribution is -2.51. The van der Waals surface area contributed by atoms with Crippen LogP contribution in [0.25, 0.3) is 0 Å². The van der Waals surface area contributed by atoms with E-state index in [1.807, 2.05) is 50.4 Å². The highest BCUT2D eigenvalue weighted by Crippen LogP contribution is 2.16. The van der Waals surface area contributed by atoms with Crippen molar-refractivity contribution in [2.75, 3.05) is 18.9 Å². The van der Waals surface area contributed by atoms with Crippen LogP contribution in [0, 0.1) is 5.92 Å². The molecule has 1 heterocycles. The normalized spacial score (nSPS) is 11.8. The average Bonchev–Trinajstić information content (AvgIpc) is 3.20. The molecule has 2 rings (SSSR count). The molecule has 2 N–H and O–H groups in total. The highest BCUT2D eigenvalue weighted by atomic mass is 32.1. The maximum atomic E-state index is 12.8. The van der Waals surface area contributed by atoms with Gasteiger partial charge in [-0.2, -0.15) is 0 Å². The van der Waals surface area contributed by atoms with Gasteiger partial charge in [0.15, 0.2) is 0 Å². The fourth-order valence-corrected chi connectivity index (χ4v) is 3.43. The molecule has 1 unspecified atom stereocenters. The van der Waals surface area contributed by atoms with Gasteiger partial charge in [0.25, 0.3) is 5.91 Å². The Morgan fingerprint density at radius 3 is 2.43 bits per heavy atom. The molecule has 0 aliphatic rings. The molecular weight excluding hydrogens is 374 g/mol. The number of hydrogen-bond acceptors (Lipinski definition) is 4. The zero-order valence-electron chi connectivity index (χ0n) is 16.7. The Morgan fingerprint density at radius 2 is 1.82 bits per heavy atom. The maximum absolute atomic E-state index is 12.8. The number of benzene rings is 1. The Balaban J connectivity index is 2.00. The molecule has 28 heavy (non-hydrogen) atoms. The minimum Gasteiger partial charge on any atom is -0.339 e. The third-order valence-corrected chi connectivity index (χ3v) is 5.26. The summed E-state index contributed by atoms with van der Waals surface area (Å²) >= 11 is 1.32. The lowest BCUT2D eigenvalue weighted by Gasteiger charge is -2.26. The number of aryl methyl sites for hydroxylation is 1. The molecule has 0 fully saturated rings. The topological polar surface area (TPSA) is 78.5 Å². The number of nitrogens with zero attached hydrogens (tertiary/aromatic N) is 1. The highest BCUT2D eigenvalue weighted by Gasteiger charge is 2.28. The van der Waals surface area contributed by atoms with Gasteiger partial charge in [0, 0.05) is 12.7 Å². The molecule has 1 aromatic heterocycles. The lowest BCUT2D eigenvalue weighted by molar-refractivity contribution is -0.135. The van der Waals surface area contributed by atoms with Crippen LogP contribution in [-0.4, -0.2) is 42.3 Å². The summed E-state index contributed by atoms with van der Waals surface area (Å²) in [5.74, 6) is -0.956. The van der Waals surface area contributed by atoms with Crippen molar-refractivity contribution in [3.63, 3.8) is 0 Å². The van der Waals surface area contributed by atoms with Crippen LogP contribution in [0.15, 0.2) is 41.8 Å². The van der Waals surface area contributed by atoms with Gasteiger partial charge in [-0.1, -0.05) is 45.0 Å². The summed E-state index contributed by atoms with van der Waals surface area (Å²) in [7, 11) is 1.57. The second-order valence-electron chi connectivity index (χ2n) is 6.93. The molecule has 0 radical (unpaired) electrons. The van der Waals surface area contributed by atoms with Crippen molar-refractivity contribution in [2.24, 2.45) is 5.92 Å². The standard InChI is InChI=1S/C21H27N3O3S/c1-5-15-9-6-7-10-16(15)22-18(25)13-24(4)21(27)19(14(2)3)23-20(26)17-11-8-12-28-17/h6-12,14,19H,5,13H2,1-4H3,(H,22,25)(H,23,26). The number of carbonyl (C=O) groups excluding carboxylic acids is 3. The Kier molecular flexibility index (Phi) is 7.75. The van der Waals surface area contributed by atoms with Gasteiger partial charge in [0.1, 0.15) is 6.04 Å². The van der Waals surface area contributed by atoms with Gasteiger partial charge in [-0.25, -0.2) is 0 Å². The third kappa shape index (κ3) is 5.66. The van der Waals surface area contributed by atoms with Gasteiger partial charge >= 0.3 is 0 Å². The van der Waals surface area contributed by atoms with Gasteiger partial charge < -0.3 is 15.5 Å². The molecule has 1 atom stereocenters. The monoisotopic (exact) mass is 401 g/mol. The molecule has 0 saturated heterocycles. The van der Waals surface area contributed by atoms with Crippen molar-refractivity contribution < 1.29 is 14.4 Å². The Bertz CT molecular complexity index is 818. The van der Waals surface area contributed by atoms with E-state index in [1.54, 1.807) is 19.2 Å². The summed E-state index contributed by atoms with van der Waals surface area (Å²) in [5, 5.41) is 7.46. The van der Waals surface area contributed by atoms with Crippen LogP contribution in [0.2, 0.25) is 0 Å². The number of thiophene rings is 1. The lowest BCUT2D eigenvalue weighted by atomic mass is 10.0. The van der Waals surface area contributed by atoms with E-state index in [0.29, 0.717) is 4.88 Å². The van der Waals surface area contributed by atoms with Crippen molar-refractivity contribution in [3.05, 3.63) is 52.2 Å². The fraction of sp³-hybridized carbons (Fsp3) is 0.381. The van der Waals surface area contributed by atoms with Crippen molar-refractivity contribution in [1.82, 2.24) is 10.2 Å². The van der Waals surface area contributed by atoms with Crippen molar-refractivity contribution in [2.45, 2.75) is 33.2 Å². The first-order valence-electron chi connectivity index (χ1n) is 9.30. The molecule has 1 aromatic carbocycles. The number of hydrogen-bond donors (Lipinski definition) is 2. The molecule has 0 spiro atoms. The van der Waals surface area contributed by atoms with Crippen LogP contribution in [0.1, 0.15) is 36.0 Å². The van der Waals surface area contributed by atoms with E-state index in [1.165, 1.54) is 16.2 Å². The van der Waals surface area contributed by atoms with Crippen LogP contribution in [-0.2, 0) is 16.0 Å². The Hall–Kier alpha value is -2.67. The predicted molar refractivity (Wildman–Crippen MR) is 112 cm³/mol. The number of nitrogens with one attached hydrogen (secondary N) is 2. The molecule has 0 aliphatic heterocycles. The minimum absolute atomic E-state index is 0.0883. The Labute approximate surface area is 169 Å². The molecule has 0 saturated carbocycles. The first-order chi connectivity index (χ1) is 13.3. The van der Waals surface area contributed by atoms with E-state index in [4.69, 9.17) is 0 Å². The molecule has 0 aliphatic carbocycles. The van der Waals surface area contributed by atoms with Gasteiger partial charge in [-0.05, 0) is 35.4 Å². The largest absolute Gasteiger partial charge is 0.339 e. The number of amides is 3. The van der Waals surface area contributed by atoms with Crippen LogP contribution < -0.4 is 10.6 Å². The summed E-state index contributed by atoms with van der Waals surface area (Å²) in [4.78, 5) is 39.5. The van der Waals surface area contributed by atoms with E-state index >= 15 is 0 Å². The molecule has 3 amide bonds. The van der Waals surface area contributed by atoms with Crippen LogP contribution in [0.4, 0.5) is 5.69 Å². The second kappa shape index (κ2) is 10.0. The van der Waals surface area contributed by atoms with E-state index in [0.717, 1.165) is 17.7 Å². The second-order valence-corrected chi connectivity index (χ2v) is 7.87. The maximum Gasteiger partial charge on any atom is 0.262 e. The number of carbonyl (C=O) groups is 3. The SMILES string of the molecule is CCc1ccccc1NC(=O)CN(C)C(=O)C(NC(=O)c1cccs1)C(C)C. The number of anilines is 1. The van der Waals surface area contributed by atoms with E-state index in [9.17, 15) is 14.4 Å². The number of para-hydroxylation sites is 1. The summed E-state index contributed by atoms with van der Waals surface area (Å²) < 4.78 is 0. The first kappa shape index (κ1) is 21.6. The average molecular weight is 402 g/mol. The molecule has 6 nitrogen and oxygen atoms in total. The Morgan fingerprint density at radius 1 is 1.11 bits per heavy atom. The summed E-state index contributed by atoms with van der Waals surface area (Å²) in [6.45, 7) is 5.66. The summed E-state index contributed by atoms with van der Waals surface area (Å²) in [5.41, 5.74) is 1.79. The summed E-state index contributed by atoms with van der Waals surface area (Å²) in [6.07, 6.45) is 0.801. The smallest absolute Gasteiger partial charge is 0.262 e. The third-order valence-electron chi connectivity index (χ3n) is 4.39. The number of rotatable bonds is 8. The van der Waals surface area contributed by atoms with E-state index in [2.05, 4.69) is 10.6 Å². The van der Waals surface area contributed by atoms with Crippen molar-refractivity contribution in [1.29, 1.82) is 0 Å². The first-order valence-corrected chi connectivity index (χ1v) is 10.2. The molecule has 7 heteroatoms. The zero-order chi connectivity index (χ0) is 20.7. The zero-order valence-corrected chi connectivity index (χ0v) is 17.5. The van der Waals surface area contributed by atoms with Gasteiger partial charge in [-0.15, -0.1) is 11.3 Å². The molecule has 0 bridgehead atoms. The highest BCUT2D eigenvalue weighted by molar-refractivity contribution is 7.12. The molecule has 150 valence electrons. The van der Waals surface area contributed by atoms with E-state index < -0.39 is 6.04 Å². The van der Waals surface area contributed by atoms with Crippen LogP contribution in [0.5, 0.6) is 0 Å². The minimum atomic E-state index is -0.699. The number of likely N-dealkylation sites (N-methyl/N-ethyl adjacent to an activating group) is 1. The van der Waals surface area contributed by atoms with E-state index in [-0.39, 0.29) is 30.2 Å². The molecular formula is C21H27N3O3S. The van der Waals surface area contributed by atoms with Gasteiger partial charge in [0.2, 0.25) is 11.8 Å². The van der Waals surface area contributed by atoms with Crippen molar-refractivity contribution >= 4 is 34.7 Å². The van der Waals surface area contributed by atoms with Crippen LogP contribution >= 0.6 is 11.3 Å². The van der Waals surface area contributed by atoms with Gasteiger partial charge in [0.05, 0.1) is 11.4 Å². The fourth-order valence-electron chi connectivity index (χ4n) is 2.80. The summed E-state index contributed by atoms with van der Waals surface area (Å²) in [6, 6.07) is 10.4. The predicted octanol–water partition coefficient (Wildman–Crippen LogP) is 3.16. The van der Waals surface area contributed by atoms with Crippen LogP contribution in [0.3, 0.4) is 0 Å².